The molecule has 25 heavy (non-hydrogen) atoms. The monoisotopic (exact) mass is 398 g/mol. The minimum absolute atomic E-state index is 0.905. The Morgan fingerprint density at radius 2 is 1.72 bits per heavy atom. The molecule has 1 saturated carbocycles. The zero-order valence-electron chi connectivity index (χ0n) is 16.9. The molecule has 3 rings (SSSR count). The quantitative estimate of drug-likeness (QED) is 0.501. The average Bonchev–Trinajstić information content (AvgIpc) is 3.03. The topological polar surface area (TPSA) is 3.88 Å². The van der Waals surface area contributed by atoms with Gasteiger partial charge in [0.05, 0.1) is 0 Å². The van der Waals surface area contributed by atoms with Gasteiger partial charge in [0.1, 0.15) is 0 Å². The number of hydrogen-bond donors (Lipinski definition) is 0. The molecule has 0 amide bonds. The Hall–Kier alpha value is -1.09. The van der Waals surface area contributed by atoms with E-state index in [-0.39, 0.29) is 0 Å². The summed E-state index contributed by atoms with van der Waals surface area (Å²) in [6, 6.07) is 9.36. The summed E-state index contributed by atoms with van der Waals surface area (Å²) >= 11 is -1.89. The van der Waals surface area contributed by atoms with Crippen LogP contribution in [0.2, 0.25) is 17.3 Å². The Kier molecular flexibility index (Phi) is 5.43. The summed E-state index contributed by atoms with van der Waals surface area (Å²) < 4.78 is 4.08. The fraction of sp³-hybridized carbons (Fsp3) is 0.522. The summed E-state index contributed by atoms with van der Waals surface area (Å²) in [4.78, 5) is 0. The molecule has 1 aliphatic carbocycles. The second-order valence-electron chi connectivity index (χ2n) is 9.13. The fourth-order valence-corrected chi connectivity index (χ4v) is 7.95. The SMILES string of the molecule is Cc1ccc(C)c(-c2cc(CC3CCCC3)[c]([Ge]([CH3])([CH3])[CH3])c[n+]2C)c1. The number of aromatic nitrogens is 1. The van der Waals surface area contributed by atoms with Crippen LogP contribution in [0.1, 0.15) is 42.4 Å². The van der Waals surface area contributed by atoms with Gasteiger partial charge in [-0.05, 0) is 0 Å². The van der Waals surface area contributed by atoms with Crippen molar-refractivity contribution in [3.63, 3.8) is 0 Å². The number of benzene rings is 1. The van der Waals surface area contributed by atoms with E-state index in [1.165, 1.54) is 54.5 Å². The summed E-state index contributed by atoms with van der Waals surface area (Å²) in [5.74, 6) is 8.50. The van der Waals surface area contributed by atoms with E-state index in [2.05, 4.69) is 73.2 Å². The van der Waals surface area contributed by atoms with Crippen LogP contribution in [0.4, 0.5) is 0 Å². The van der Waals surface area contributed by atoms with Crippen molar-refractivity contribution in [2.75, 3.05) is 0 Å². The van der Waals surface area contributed by atoms with Gasteiger partial charge >= 0.3 is 157 Å². The summed E-state index contributed by atoms with van der Waals surface area (Å²) in [5, 5.41) is 0. The van der Waals surface area contributed by atoms with Crippen LogP contribution in [0, 0.1) is 19.8 Å². The molecule has 0 unspecified atom stereocenters. The van der Waals surface area contributed by atoms with E-state index in [1.54, 1.807) is 9.96 Å². The molecule has 0 N–H and O–H groups in total. The normalized spacial score (nSPS) is 15.8. The molecule has 0 radical (unpaired) electrons. The minimum atomic E-state index is -1.89. The van der Waals surface area contributed by atoms with Crippen molar-refractivity contribution in [2.24, 2.45) is 13.0 Å². The molecule has 1 aromatic carbocycles. The van der Waals surface area contributed by atoms with Crippen molar-refractivity contribution in [2.45, 2.75) is 63.2 Å². The number of pyridine rings is 1. The van der Waals surface area contributed by atoms with Gasteiger partial charge in [-0.15, -0.1) is 0 Å². The van der Waals surface area contributed by atoms with Gasteiger partial charge in [0.25, 0.3) is 0 Å². The Morgan fingerprint density at radius 3 is 2.36 bits per heavy atom. The molecule has 0 bridgehead atoms. The predicted octanol–water partition coefficient (Wildman–Crippen LogP) is 5.07. The molecule has 0 saturated heterocycles. The maximum absolute atomic E-state index is 2.53. The standard InChI is InChI=1S/C23H34GeN/c1-17-11-12-18(2)21(13-17)23-15-20(14-19-9-7-8-10-19)22(16-25(23)6)24(3,4)5/h11-13,15-16,19H,7-10,14H2,1-6H3/q+1. The van der Waals surface area contributed by atoms with Crippen molar-refractivity contribution >= 4 is 17.7 Å². The van der Waals surface area contributed by atoms with E-state index < -0.39 is 13.3 Å². The van der Waals surface area contributed by atoms with Crippen molar-refractivity contribution in [1.82, 2.24) is 0 Å². The summed E-state index contributed by atoms with van der Waals surface area (Å²) in [6.45, 7) is 4.43. The predicted molar refractivity (Wildman–Crippen MR) is 111 cm³/mol. The molecular formula is C23H34GeN+. The van der Waals surface area contributed by atoms with E-state index in [0.717, 1.165) is 5.92 Å². The van der Waals surface area contributed by atoms with Gasteiger partial charge in [-0.1, -0.05) is 0 Å². The van der Waals surface area contributed by atoms with Crippen molar-refractivity contribution < 1.29 is 4.57 Å². The van der Waals surface area contributed by atoms with Gasteiger partial charge in [-0.25, -0.2) is 0 Å². The third-order valence-corrected chi connectivity index (χ3v) is 10.2. The van der Waals surface area contributed by atoms with E-state index in [1.807, 2.05) is 0 Å². The van der Waals surface area contributed by atoms with E-state index in [9.17, 15) is 0 Å². The number of aryl methyl sites for hydroxylation is 3. The van der Waals surface area contributed by atoms with E-state index >= 15 is 0 Å². The van der Waals surface area contributed by atoms with Crippen LogP contribution in [-0.4, -0.2) is 13.3 Å². The average molecular weight is 397 g/mol. The number of nitrogens with zero attached hydrogens (tertiary/aromatic N) is 1. The van der Waals surface area contributed by atoms with Gasteiger partial charge in [0.15, 0.2) is 0 Å². The zero-order chi connectivity index (χ0) is 18.2. The molecule has 1 nitrogen and oxygen atoms in total. The molecule has 0 spiro atoms. The molecule has 2 heteroatoms. The molecule has 0 atom stereocenters. The van der Waals surface area contributed by atoms with Gasteiger partial charge in [0.2, 0.25) is 0 Å². The van der Waals surface area contributed by atoms with Gasteiger partial charge in [0, 0.05) is 0 Å². The Bertz CT molecular complexity index is 764. The Morgan fingerprint density at radius 1 is 1.04 bits per heavy atom. The molecule has 0 aliphatic heterocycles. The zero-order valence-corrected chi connectivity index (χ0v) is 19.0. The van der Waals surface area contributed by atoms with E-state index in [0.29, 0.717) is 0 Å². The van der Waals surface area contributed by atoms with Crippen LogP contribution in [-0.2, 0) is 13.5 Å². The van der Waals surface area contributed by atoms with Crippen LogP contribution in [0.15, 0.2) is 30.5 Å². The van der Waals surface area contributed by atoms with E-state index in [4.69, 9.17) is 0 Å². The van der Waals surface area contributed by atoms with Crippen LogP contribution < -0.4 is 8.96 Å². The first-order valence-corrected chi connectivity index (χ1v) is 17.2. The molecule has 1 aliphatic rings. The second-order valence-corrected chi connectivity index (χ2v) is 19.7. The van der Waals surface area contributed by atoms with Crippen LogP contribution in [0.25, 0.3) is 11.3 Å². The van der Waals surface area contributed by atoms with Crippen molar-refractivity contribution in [1.29, 1.82) is 0 Å². The first-order chi connectivity index (χ1) is 11.8. The van der Waals surface area contributed by atoms with Crippen molar-refractivity contribution in [3.05, 3.63) is 47.2 Å². The van der Waals surface area contributed by atoms with Gasteiger partial charge < -0.3 is 0 Å². The molecule has 1 fully saturated rings. The first kappa shape index (κ1) is 18.7. The molecular weight excluding hydrogens is 363 g/mol. The molecule has 1 heterocycles. The Labute approximate surface area is 156 Å². The summed E-state index contributed by atoms with van der Waals surface area (Å²) in [5.41, 5.74) is 7.13. The Balaban J connectivity index is 2.12. The first-order valence-electron chi connectivity index (χ1n) is 9.86. The fourth-order valence-electron chi connectivity index (χ4n) is 4.34. The maximum atomic E-state index is 2.53. The summed E-state index contributed by atoms with van der Waals surface area (Å²) in [7, 11) is 2.23. The third kappa shape index (κ3) is 4.19. The molecule has 1 aromatic heterocycles. The van der Waals surface area contributed by atoms with Gasteiger partial charge in [-0.2, -0.15) is 0 Å². The number of hydrogen-bond acceptors (Lipinski definition) is 0. The van der Waals surface area contributed by atoms with Crippen LogP contribution >= 0.6 is 0 Å². The number of rotatable bonds is 4. The second kappa shape index (κ2) is 7.27. The molecule has 134 valence electrons. The third-order valence-electron chi connectivity index (χ3n) is 5.82. The van der Waals surface area contributed by atoms with Crippen molar-refractivity contribution in [3.8, 4) is 11.3 Å². The van der Waals surface area contributed by atoms with Crippen LogP contribution in [0.3, 0.4) is 0 Å². The van der Waals surface area contributed by atoms with Gasteiger partial charge in [-0.3, -0.25) is 0 Å². The summed E-state index contributed by atoms with van der Waals surface area (Å²) in [6.07, 6.45) is 9.48. The molecule has 2 aromatic rings. The van der Waals surface area contributed by atoms with Crippen LogP contribution in [0.5, 0.6) is 0 Å².